The topological polar surface area (TPSA) is 188 Å². The van der Waals surface area contributed by atoms with Crippen molar-refractivity contribution in [2.45, 2.75) is 48.8 Å². The summed E-state index contributed by atoms with van der Waals surface area (Å²) in [4.78, 5) is 0. The van der Waals surface area contributed by atoms with E-state index in [0.717, 1.165) is 0 Å². The number of hydrogen-bond acceptors (Lipinski definition) is 12. The normalized spacial score (nSPS) is 33.2. The number of phenols is 1. The van der Waals surface area contributed by atoms with E-state index in [1.54, 1.807) is 24.3 Å². The summed E-state index contributed by atoms with van der Waals surface area (Å²) in [6.07, 6.45) is -7.80. The third-order valence-corrected chi connectivity index (χ3v) is 7.13. The molecule has 0 bridgehead atoms. The maximum absolute atomic E-state index is 11.4. The van der Waals surface area contributed by atoms with Crippen LogP contribution in [-0.2, 0) is 15.9 Å². The molecule has 2 aromatic rings. The van der Waals surface area contributed by atoms with E-state index in [0.29, 0.717) is 11.1 Å². The summed E-state index contributed by atoms with van der Waals surface area (Å²) in [5.74, 6) is -0.101. The number of methoxy groups -OCH3 is 2. The molecule has 2 saturated heterocycles. The smallest absolute Gasteiger partial charge is 0.229 e. The lowest BCUT2D eigenvalue weighted by Gasteiger charge is -2.39. The van der Waals surface area contributed by atoms with Crippen LogP contribution in [0.1, 0.15) is 17.2 Å². The van der Waals surface area contributed by atoms with Gasteiger partial charge in [0.25, 0.3) is 0 Å². The second-order valence-corrected chi connectivity index (χ2v) is 9.53. The first-order chi connectivity index (χ1) is 18.1. The van der Waals surface area contributed by atoms with Gasteiger partial charge in [0.2, 0.25) is 6.29 Å². The highest BCUT2D eigenvalue weighted by Gasteiger charge is 2.49. The van der Waals surface area contributed by atoms with Crippen LogP contribution in [0.15, 0.2) is 36.4 Å². The van der Waals surface area contributed by atoms with Gasteiger partial charge in [-0.05, 0) is 35.4 Å². The molecule has 2 aliphatic heterocycles. The fourth-order valence-electron chi connectivity index (χ4n) is 4.95. The molecular weight excluding hydrogens is 504 g/mol. The van der Waals surface area contributed by atoms with Crippen molar-refractivity contribution in [2.24, 2.45) is 5.92 Å². The Labute approximate surface area is 219 Å². The molecule has 210 valence electrons. The molecule has 3 unspecified atom stereocenters. The second-order valence-electron chi connectivity index (χ2n) is 9.53. The fraction of sp³-hybridized carbons (Fsp3) is 0.538. The van der Waals surface area contributed by atoms with Crippen LogP contribution >= 0.6 is 0 Å². The molecule has 2 fully saturated rings. The van der Waals surface area contributed by atoms with Crippen molar-refractivity contribution in [1.29, 1.82) is 0 Å². The van der Waals surface area contributed by atoms with Crippen molar-refractivity contribution in [1.82, 2.24) is 0 Å². The number of aliphatic hydroxyl groups excluding tert-OH is 5. The molecule has 12 nitrogen and oxygen atoms in total. The highest BCUT2D eigenvalue weighted by atomic mass is 16.7. The Hall–Kier alpha value is -2.68. The van der Waals surface area contributed by atoms with Gasteiger partial charge in [0, 0.05) is 12.3 Å². The average molecular weight is 539 g/mol. The fourth-order valence-corrected chi connectivity index (χ4v) is 4.95. The molecule has 8 atom stereocenters. The highest BCUT2D eigenvalue weighted by Crippen LogP contribution is 2.45. The number of rotatable bonds is 9. The zero-order valence-corrected chi connectivity index (χ0v) is 21.0. The SMILES string of the molecule is COc1cc(CC2(O)COC(c3ccc(O[C@@H]4O[C@H](CO)[C@@H](O)[C@H](O)[C@H]4O)c(OC)c3)C2CO)ccc1O. The summed E-state index contributed by atoms with van der Waals surface area (Å²) in [7, 11) is 2.82. The highest BCUT2D eigenvalue weighted by molar-refractivity contribution is 5.45. The van der Waals surface area contributed by atoms with Crippen molar-refractivity contribution in [3.63, 3.8) is 0 Å². The van der Waals surface area contributed by atoms with E-state index < -0.39 is 54.9 Å². The van der Waals surface area contributed by atoms with Gasteiger partial charge in [0.15, 0.2) is 23.0 Å². The molecule has 38 heavy (non-hydrogen) atoms. The predicted molar refractivity (Wildman–Crippen MR) is 130 cm³/mol. The average Bonchev–Trinajstić information content (AvgIpc) is 3.25. The van der Waals surface area contributed by atoms with Crippen molar-refractivity contribution in [3.8, 4) is 23.0 Å². The predicted octanol–water partition coefficient (Wildman–Crippen LogP) is -0.758. The number of hydrogen-bond donors (Lipinski definition) is 7. The maximum atomic E-state index is 11.4. The number of phenolic OH excluding ortho intramolecular Hbond substituents is 1. The minimum Gasteiger partial charge on any atom is -0.504 e. The molecule has 2 aromatic carbocycles. The molecule has 0 radical (unpaired) electrons. The Balaban J connectivity index is 1.53. The van der Waals surface area contributed by atoms with Crippen LogP contribution in [0.2, 0.25) is 0 Å². The van der Waals surface area contributed by atoms with Crippen molar-refractivity contribution in [2.75, 3.05) is 34.0 Å². The molecule has 0 spiro atoms. The molecule has 2 heterocycles. The number of aromatic hydroxyl groups is 1. The standard InChI is InChI=1S/C26H34O12/c1-34-18-7-13(3-5-16(18)29)9-26(33)12-36-24(15(26)10-27)14-4-6-17(19(8-14)35-2)37-25-23(32)22(31)21(30)20(11-28)38-25/h3-8,15,20-25,27-33H,9-12H2,1-2H3/t15?,20-,21-,22+,23-,24?,25-,26?/m1/s1. The van der Waals surface area contributed by atoms with E-state index in [1.165, 1.54) is 26.4 Å². The van der Waals surface area contributed by atoms with Crippen LogP contribution in [0.5, 0.6) is 23.0 Å². The molecule has 4 rings (SSSR count). The third-order valence-electron chi connectivity index (χ3n) is 7.13. The van der Waals surface area contributed by atoms with Crippen LogP contribution in [0.25, 0.3) is 0 Å². The van der Waals surface area contributed by atoms with Gasteiger partial charge in [0.1, 0.15) is 24.4 Å². The zero-order chi connectivity index (χ0) is 27.6. The van der Waals surface area contributed by atoms with E-state index in [-0.39, 0.29) is 42.6 Å². The van der Waals surface area contributed by atoms with E-state index in [2.05, 4.69) is 0 Å². The Morgan fingerprint density at radius 2 is 1.63 bits per heavy atom. The largest absolute Gasteiger partial charge is 0.504 e. The van der Waals surface area contributed by atoms with E-state index in [1.807, 2.05) is 0 Å². The van der Waals surface area contributed by atoms with E-state index in [4.69, 9.17) is 23.7 Å². The summed E-state index contributed by atoms with van der Waals surface area (Å²) in [6.45, 7) is -1.03. The lowest BCUT2D eigenvalue weighted by atomic mass is 9.80. The molecule has 7 N–H and O–H groups in total. The molecule has 0 aromatic heterocycles. The molecule has 0 amide bonds. The van der Waals surface area contributed by atoms with Crippen LogP contribution in [0, 0.1) is 5.92 Å². The van der Waals surface area contributed by atoms with Gasteiger partial charge in [-0.15, -0.1) is 0 Å². The van der Waals surface area contributed by atoms with Crippen LogP contribution in [-0.4, -0.2) is 106 Å². The van der Waals surface area contributed by atoms with Gasteiger partial charge in [-0.1, -0.05) is 12.1 Å². The molecule has 2 aliphatic rings. The number of benzene rings is 2. The van der Waals surface area contributed by atoms with Crippen molar-refractivity contribution < 1.29 is 59.4 Å². The quantitative estimate of drug-likeness (QED) is 0.212. The Kier molecular flexibility index (Phi) is 8.65. The lowest BCUT2D eigenvalue weighted by Crippen LogP contribution is -2.60. The number of ether oxygens (including phenoxy) is 5. The van der Waals surface area contributed by atoms with Crippen LogP contribution in [0.4, 0.5) is 0 Å². The van der Waals surface area contributed by atoms with Crippen LogP contribution < -0.4 is 14.2 Å². The van der Waals surface area contributed by atoms with Gasteiger partial charge in [-0.3, -0.25) is 0 Å². The zero-order valence-electron chi connectivity index (χ0n) is 21.0. The minimum absolute atomic E-state index is 0.0272. The first-order valence-corrected chi connectivity index (χ1v) is 12.1. The van der Waals surface area contributed by atoms with E-state index in [9.17, 15) is 35.7 Å². The van der Waals surface area contributed by atoms with Crippen LogP contribution in [0.3, 0.4) is 0 Å². The lowest BCUT2D eigenvalue weighted by molar-refractivity contribution is -0.277. The monoisotopic (exact) mass is 538 g/mol. The maximum Gasteiger partial charge on any atom is 0.229 e. The first-order valence-electron chi connectivity index (χ1n) is 12.1. The Morgan fingerprint density at radius 1 is 0.895 bits per heavy atom. The Morgan fingerprint density at radius 3 is 2.29 bits per heavy atom. The van der Waals surface area contributed by atoms with Gasteiger partial charge in [-0.25, -0.2) is 0 Å². The summed E-state index contributed by atoms with van der Waals surface area (Å²) in [6, 6.07) is 9.51. The van der Waals surface area contributed by atoms with Crippen molar-refractivity contribution in [3.05, 3.63) is 47.5 Å². The summed E-state index contributed by atoms with van der Waals surface area (Å²) in [5, 5.41) is 71.2. The van der Waals surface area contributed by atoms with Gasteiger partial charge < -0.3 is 59.4 Å². The van der Waals surface area contributed by atoms with Gasteiger partial charge in [-0.2, -0.15) is 0 Å². The van der Waals surface area contributed by atoms with Gasteiger partial charge >= 0.3 is 0 Å². The molecular formula is C26H34O12. The minimum atomic E-state index is -1.60. The van der Waals surface area contributed by atoms with Crippen molar-refractivity contribution >= 4 is 0 Å². The second kappa shape index (κ2) is 11.6. The van der Waals surface area contributed by atoms with E-state index >= 15 is 0 Å². The molecule has 0 aliphatic carbocycles. The summed E-state index contributed by atoms with van der Waals surface area (Å²) < 4.78 is 27.6. The van der Waals surface area contributed by atoms with Gasteiger partial charge in [0.05, 0.1) is 45.7 Å². The summed E-state index contributed by atoms with van der Waals surface area (Å²) >= 11 is 0. The number of aliphatic hydroxyl groups is 6. The third kappa shape index (κ3) is 5.40. The Bertz CT molecular complexity index is 1090. The molecule has 0 saturated carbocycles. The first kappa shape index (κ1) is 28.3. The summed E-state index contributed by atoms with van der Waals surface area (Å²) in [5.41, 5.74) is -0.146. The molecule has 12 heteroatoms.